The van der Waals surface area contributed by atoms with Crippen molar-refractivity contribution in [2.24, 2.45) is 7.05 Å². The predicted octanol–water partition coefficient (Wildman–Crippen LogP) is 2.33. The maximum absolute atomic E-state index is 4.24. The Morgan fingerprint density at radius 1 is 1.35 bits per heavy atom. The molecule has 0 saturated carbocycles. The van der Waals surface area contributed by atoms with Gasteiger partial charge in [0.2, 0.25) is 0 Å². The van der Waals surface area contributed by atoms with E-state index in [2.05, 4.69) is 40.7 Å². The van der Waals surface area contributed by atoms with Crippen LogP contribution in [0.3, 0.4) is 0 Å². The molecular weight excluding hydrogens is 268 g/mol. The fraction of sp³-hybridized carbons (Fsp3) is 0.533. The van der Waals surface area contributed by atoms with Crippen LogP contribution in [0.5, 0.6) is 0 Å². The monoisotopic (exact) mass is 290 g/mol. The molecule has 5 heteroatoms. The van der Waals surface area contributed by atoms with Gasteiger partial charge >= 0.3 is 0 Å². The van der Waals surface area contributed by atoms with Crippen LogP contribution in [0.1, 0.15) is 17.7 Å². The standard InChI is InChI=1S/C15H22N4S/c1-16-13-5-7-19(8-6-13)11-14-3-4-15(20-14)12-9-17-18(2)10-12/h3-4,9-10,13,16H,5-8,11H2,1-2H3. The molecule has 1 N–H and O–H groups in total. The van der Waals surface area contributed by atoms with E-state index in [4.69, 9.17) is 0 Å². The smallest absolute Gasteiger partial charge is 0.0576 e. The number of nitrogens with zero attached hydrogens (tertiary/aromatic N) is 3. The van der Waals surface area contributed by atoms with Gasteiger partial charge < -0.3 is 5.32 Å². The summed E-state index contributed by atoms with van der Waals surface area (Å²) in [6, 6.07) is 5.19. The van der Waals surface area contributed by atoms with Gasteiger partial charge in [-0.3, -0.25) is 9.58 Å². The quantitative estimate of drug-likeness (QED) is 0.938. The van der Waals surface area contributed by atoms with Crippen molar-refractivity contribution in [2.75, 3.05) is 20.1 Å². The van der Waals surface area contributed by atoms with Crippen LogP contribution in [0.15, 0.2) is 24.5 Å². The summed E-state index contributed by atoms with van der Waals surface area (Å²) in [4.78, 5) is 5.33. The second-order valence-electron chi connectivity index (χ2n) is 5.51. The van der Waals surface area contributed by atoms with E-state index in [0.717, 1.165) is 6.54 Å². The van der Waals surface area contributed by atoms with Crippen LogP contribution in [0.2, 0.25) is 0 Å². The lowest BCUT2D eigenvalue weighted by atomic mass is 10.1. The molecule has 0 spiro atoms. The summed E-state index contributed by atoms with van der Waals surface area (Å²) in [6.07, 6.45) is 6.54. The topological polar surface area (TPSA) is 33.1 Å². The van der Waals surface area contributed by atoms with E-state index in [9.17, 15) is 0 Å². The number of thiophene rings is 1. The van der Waals surface area contributed by atoms with Crippen molar-refractivity contribution < 1.29 is 0 Å². The third-order valence-corrected chi connectivity index (χ3v) is 5.15. The van der Waals surface area contributed by atoms with Gasteiger partial charge in [0, 0.05) is 41.1 Å². The summed E-state index contributed by atoms with van der Waals surface area (Å²) in [5, 5.41) is 7.62. The molecule has 1 saturated heterocycles. The van der Waals surface area contributed by atoms with E-state index in [1.54, 1.807) is 0 Å². The van der Waals surface area contributed by atoms with E-state index >= 15 is 0 Å². The number of rotatable bonds is 4. The highest BCUT2D eigenvalue weighted by atomic mass is 32.1. The summed E-state index contributed by atoms with van der Waals surface area (Å²) >= 11 is 1.89. The van der Waals surface area contributed by atoms with Crippen LogP contribution < -0.4 is 5.32 Å². The molecular formula is C15H22N4S. The molecule has 4 nitrogen and oxygen atoms in total. The number of aromatic nitrogens is 2. The zero-order valence-electron chi connectivity index (χ0n) is 12.2. The number of piperidine rings is 1. The van der Waals surface area contributed by atoms with Crippen LogP contribution in [-0.4, -0.2) is 40.9 Å². The summed E-state index contributed by atoms with van der Waals surface area (Å²) in [5.41, 5.74) is 1.22. The normalized spacial score (nSPS) is 17.7. The van der Waals surface area contributed by atoms with Crippen molar-refractivity contribution in [3.63, 3.8) is 0 Å². The molecule has 0 bridgehead atoms. The molecule has 1 fully saturated rings. The Morgan fingerprint density at radius 2 is 2.15 bits per heavy atom. The second kappa shape index (κ2) is 6.08. The number of nitrogens with one attached hydrogen (secondary N) is 1. The van der Waals surface area contributed by atoms with E-state index in [-0.39, 0.29) is 0 Å². The second-order valence-corrected chi connectivity index (χ2v) is 6.68. The van der Waals surface area contributed by atoms with Crippen LogP contribution in [0.25, 0.3) is 10.4 Å². The van der Waals surface area contributed by atoms with Gasteiger partial charge in [0.05, 0.1) is 6.20 Å². The third-order valence-electron chi connectivity index (χ3n) is 4.03. The van der Waals surface area contributed by atoms with Gasteiger partial charge in [-0.15, -0.1) is 11.3 Å². The summed E-state index contributed by atoms with van der Waals surface area (Å²) < 4.78 is 1.86. The molecule has 1 aliphatic rings. The van der Waals surface area contributed by atoms with Crippen molar-refractivity contribution >= 4 is 11.3 Å². The zero-order valence-corrected chi connectivity index (χ0v) is 13.0. The molecule has 2 aromatic heterocycles. The molecule has 20 heavy (non-hydrogen) atoms. The first-order valence-electron chi connectivity index (χ1n) is 7.22. The Labute approximate surface area is 124 Å². The van der Waals surface area contributed by atoms with Crippen molar-refractivity contribution in [2.45, 2.75) is 25.4 Å². The van der Waals surface area contributed by atoms with Gasteiger partial charge in [-0.25, -0.2) is 0 Å². The number of aryl methyl sites for hydroxylation is 1. The lowest BCUT2D eigenvalue weighted by Gasteiger charge is -2.31. The summed E-state index contributed by atoms with van der Waals surface area (Å²) in [6.45, 7) is 3.48. The average Bonchev–Trinajstić information content (AvgIpc) is 3.09. The molecule has 3 heterocycles. The summed E-state index contributed by atoms with van der Waals surface area (Å²) in [5.74, 6) is 0. The highest BCUT2D eigenvalue weighted by Crippen LogP contribution is 2.28. The van der Waals surface area contributed by atoms with Gasteiger partial charge in [-0.05, 0) is 45.1 Å². The molecule has 108 valence electrons. The Balaban J connectivity index is 1.60. The van der Waals surface area contributed by atoms with Gasteiger partial charge in [0.15, 0.2) is 0 Å². The average molecular weight is 290 g/mol. The van der Waals surface area contributed by atoms with E-state index in [1.165, 1.54) is 41.2 Å². The van der Waals surface area contributed by atoms with Gasteiger partial charge in [0.1, 0.15) is 0 Å². The Morgan fingerprint density at radius 3 is 2.80 bits per heavy atom. The van der Waals surface area contributed by atoms with Gasteiger partial charge in [0.25, 0.3) is 0 Å². The SMILES string of the molecule is CNC1CCN(Cc2ccc(-c3cnn(C)c3)s2)CC1. The van der Waals surface area contributed by atoms with Crippen LogP contribution in [0, 0.1) is 0 Å². The van der Waals surface area contributed by atoms with Crippen molar-refractivity contribution in [3.8, 4) is 10.4 Å². The Bertz CT molecular complexity index is 552. The van der Waals surface area contributed by atoms with Crippen molar-refractivity contribution in [1.29, 1.82) is 0 Å². The first-order valence-corrected chi connectivity index (χ1v) is 8.03. The lowest BCUT2D eigenvalue weighted by molar-refractivity contribution is 0.196. The third kappa shape index (κ3) is 3.11. The largest absolute Gasteiger partial charge is 0.317 e. The molecule has 2 aromatic rings. The maximum Gasteiger partial charge on any atom is 0.0576 e. The van der Waals surface area contributed by atoms with Crippen LogP contribution in [-0.2, 0) is 13.6 Å². The molecule has 0 aromatic carbocycles. The van der Waals surface area contributed by atoms with Crippen molar-refractivity contribution in [1.82, 2.24) is 20.0 Å². The van der Waals surface area contributed by atoms with Crippen LogP contribution >= 0.6 is 11.3 Å². The minimum atomic E-state index is 0.709. The zero-order chi connectivity index (χ0) is 13.9. The first kappa shape index (κ1) is 13.8. The van der Waals surface area contributed by atoms with Gasteiger partial charge in [-0.2, -0.15) is 5.10 Å². The van der Waals surface area contributed by atoms with E-state index in [0.29, 0.717) is 6.04 Å². The van der Waals surface area contributed by atoms with Crippen molar-refractivity contribution in [3.05, 3.63) is 29.4 Å². The Kier molecular flexibility index (Phi) is 4.19. The molecule has 0 amide bonds. The molecule has 0 radical (unpaired) electrons. The number of likely N-dealkylation sites (tertiary alicyclic amines) is 1. The first-order chi connectivity index (χ1) is 9.74. The fourth-order valence-corrected chi connectivity index (χ4v) is 3.79. The summed E-state index contributed by atoms with van der Waals surface area (Å²) in [7, 11) is 4.03. The molecule has 0 aliphatic carbocycles. The minimum Gasteiger partial charge on any atom is -0.317 e. The highest BCUT2D eigenvalue weighted by molar-refractivity contribution is 7.15. The number of hydrogen-bond donors (Lipinski definition) is 1. The molecule has 0 unspecified atom stereocenters. The number of hydrogen-bond acceptors (Lipinski definition) is 4. The molecule has 0 atom stereocenters. The highest BCUT2D eigenvalue weighted by Gasteiger charge is 2.18. The fourth-order valence-electron chi connectivity index (χ4n) is 2.77. The van der Waals surface area contributed by atoms with Crippen LogP contribution in [0.4, 0.5) is 0 Å². The van der Waals surface area contributed by atoms with E-state index in [1.807, 2.05) is 29.3 Å². The predicted molar refractivity (Wildman–Crippen MR) is 83.9 cm³/mol. The molecule has 1 aliphatic heterocycles. The lowest BCUT2D eigenvalue weighted by Crippen LogP contribution is -2.40. The van der Waals surface area contributed by atoms with E-state index < -0.39 is 0 Å². The minimum absolute atomic E-state index is 0.709. The molecule has 3 rings (SSSR count). The van der Waals surface area contributed by atoms with Gasteiger partial charge in [-0.1, -0.05) is 0 Å². The Hall–Kier alpha value is -1.17. The maximum atomic E-state index is 4.24.